The van der Waals surface area contributed by atoms with Crippen molar-refractivity contribution >= 4 is 18.6 Å². The summed E-state index contributed by atoms with van der Waals surface area (Å²) in [6, 6.07) is 0. The van der Waals surface area contributed by atoms with Gasteiger partial charge in [-0.1, -0.05) is 32.6 Å². The summed E-state index contributed by atoms with van der Waals surface area (Å²) in [6.07, 6.45) is 6.02. The maximum atomic E-state index is 10.5. The molecule has 13 heavy (non-hydrogen) atoms. The third-order valence-electron chi connectivity index (χ3n) is 1.87. The van der Waals surface area contributed by atoms with E-state index in [0.717, 1.165) is 6.42 Å². The first-order valence-electron chi connectivity index (χ1n) is 4.98. The van der Waals surface area contributed by atoms with Crippen molar-refractivity contribution in [3.05, 3.63) is 0 Å². The number of thiol groups is 1. The van der Waals surface area contributed by atoms with E-state index < -0.39 is 0 Å². The van der Waals surface area contributed by atoms with Gasteiger partial charge in [0.25, 0.3) is 0 Å². The first-order chi connectivity index (χ1) is 6.16. The summed E-state index contributed by atoms with van der Waals surface area (Å²) in [4.78, 5) is 10.5. The van der Waals surface area contributed by atoms with Crippen LogP contribution in [0.15, 0.2) is 0 Å². The molecular weight excluding hydrogens is 184 g/mol. The van der Waals surface area contributed by atoms with Gasteiger partial charge >= 0.3 is 5.97 Å². The second-order valence-electron chi connectivity index (χ2n) is 3.31. The number of carbonyl (C=O) groups excluding carboxylic acids is 1. The summed E-state index contributed by atoms with van der Waals surface area (Å²) in [5, 5.41) is 0.209. The molecule has 0 saturated carbocycles. The summed E-state index contributed by atoms with van der Waals surface area (Å²) in [6.45, 7) is 4.07. The zero-order valence-corrected chi connectivity index (χ0v) is 9.48. The average molecular weight is 204 g/mol. The van der Waals surface area contributed by atoms with Gasteiger partial charge < -0.3 is 4.74 Å². The molecule has 0 unspecified atom stereocenters. The zero-order chi connectivity index (χ0) is 10.1. The topological polar surface area (TPSA) is 26.3 Å². The quantitative estimate of drug-likeness (QED) is 0.392. The predicted octanol–water partition coefficient (Wildman–Crippen LogP) is 2.82. The molecule has 3 heteroatoms. The van der Waals surface area contributed by atoms with E-state index in [9.17, 15) is 4.79 Å². The molecule has 0 radical (unpaired) electrons. The highest BCUT2D eigenvalue weighted by atomic mass is 32.1. The number of unbranched alkanes of at least 4 members (excludes halogenated alkanes) is 3. The van der Waals surface area contributed by atoms with Crippen LogP contribution in [-0.4, -0.2) is 17.8 Å². The second-order valence-corrected chi connectivity index (χ2v) is 4.04. The van der Waals surface area contributed by atoms with Gasteiger partial charge in [-0.3, -0.25) is 4.79 Å². The number of hydrogen-bond donors (Lipinski definition) is 1. The van der Waals surface area contributed by atoms with E-state index in [4.69, 9.17) is 4.74 Å². The van der Waals surface area contributed by atoms with E-state index >= 15 is 0 Å². The smallest absolute Gasteiger partial charge is 0.302 e. The summed E-state index contributed by atoms with van der Waals surface area (Å²) in [5.74, 6) is -0.215. The van der Waals surface area contributed by atoms with Crippen molar-refractivity contribution in [2.45, 2.75) is 51.2 Å². The van der Waals surface area contributed by atoms with Crippen molar-refractivity contribution in [2.75, 3.05) is 6.61 Å². The normalized spacial score (nSPS) is 12.5. The summed E-state index contributed by atoms with van der Waals surface area (Å²) < 4.78 is 4.85. The van der Waals surface area contributed by atoms with Crippen LogP contribution in [0, 0.1) is 0 Å². The van der Waals surface area contributed by atoms with E-state index in [2.05, 4.69) is 19.6 Å². The van der Waals surface area contributed by atoms with E-state index in [0.29, 0.717) is 6.61 Å². The Morgan fingerprint density at radius 3 is 2.62 bits per heavy atom. The number of hydrogen-bond acceptors (Lipinski definition) is 3. The Morgan fingerprint density at radius 1 is 1.38 bits per heavy atom. The lowest BCUT2D eigenvalue weighted by Crippen LogP contribution is -2.11. The highest BCUT2D eigenvalue weighted by Gasteiger charge is 2.04. The largest absolute Gasteiger partial charge is 0.465 e. The van der Waals surface area contributed by atoms with Gasteiger partial charge in [-0.15, -0.1) is 0 Å². The average Bonchev–Trinajstić information content (AvgIpc) is 2.09. The standard InChI is InChI=1S/C10H20O2S/c1-3-4-5-6-7-10(13)8-12-9(2)11/h10,13H,3-8H2,1-2H3/t10-/m1/s1. The first kappa shape index (κ1) is 12.8. The van der Waals surface area contributed by atoms with Crippen LogP contribution in [0.5, 0.6) is 0 Å². The molecule has 2 nitrogen and oxygen atoms in total. The molecule has 0 heterocycles. The van der Waals surface area contributed by atoms with Gasteiger partial charge in [0, 0.05) is 12.2 Å². The van der Waals surface area contributed by atoms with Gasteiger partial charge in [0.2, 0.25) is 0 Å². The highest BCUT2D eigenvalue weighted by molar-refractivity contribution is 7.81. The van der Waals surface area contributed by atoms with Crippen LogP contribution < -0.4 is 0 Å². The Morgan fingerprint density at radius 2 is 2.08 bits per heavy atom. The number of ether oxygens (including phenoxy) is 1. The molecule has 0 N–H and O–H groups in total. The lowest BCUT2D eigenvalue weighted by Gasteiger charge is -2.09. The molecular formula is C10H20O2S. The van der Waals surface area contributed by atoms with E-state index in [-0.39, 0.29) is 11.2 Å². The van der Waals surface area contributed by atoms with Crippen LogP contribution in [0.3, 0.4) is 0 Å². The highest BCUT2D eigenvalue weighted by Crippen LogP contribution is 2.10. The van der Waals surface area contributed by atoms with Crippen molar-refractivity contribution in [3.8, 4) is 0 Å². The minimum atomic E-state index is -0.215. The Hall–Kier alpha value is -0.180. The van der Waals surface area contributed by atoms with Crippen molar-refractivity contribution in [3.63, 3.8) is 0 Å². The molecule has 0 aliphatic rings. The monoisotopic (exact) mass is 204 g/mol. The van der Waals surface area contributed by atoms with Crippen LogP contribution in [0.2, 0.25) is 0 Å². The van der Waals surface area contributed by atoms with Crippen molar-refractivity contribution < 1.29 is 9.53 Å². The molecule has 0 spiro atoms. The van der Waals surface area contributed by atoms with Crippen LogP contribution in [0.25, 0.3) is 0 Å². The van der Waals surface area contributed by atoms with Gasteiger partial charge in [0.1, 0.15) is 6.61 Å². The Kier molecular flexibility index (Phi) is 8.30. The van der Waals surface area contributed by atoms with Gasteiger partial charge in [0.15, 0.2) is 0 Å². The van der Waals surface area contributed by atoms with Crippen molar-refractivity contribution in [1.29, 1.82) is 0 Å². The molecule has 0 fully saturated rings. The van der Waals surface area contributed by atoms with Crippen molar-refractivity contribution in [2.24, 2.45) is 0 Å². The van der Waals surface area contributed by atoms with Crippen molar-refractivity contribution in [1.82, 2.24) is 0 Å². The summed E-state index contributed by atoms with van der Waals surface area (Å²) >= 11 is 4.33. The molecule has 0 aromatic carbocycles. The fourth-order valence-electron chi connectivity index (χ4n) is 1.10. The number of rotatable bonds is 7. The maximum Gasteiger partial charge on any atom is 0.302 e. The lowest BCUT2D eigenvalue weighted by atomic mass is 10.1. The van der Waals surface area contributed by atoms with Crippen LogP contribution in [0.1, 0.15) is 46.0 Å². The third-order valence-corrected chi connectivity index (χ3v) is 2.28. The van der Waals surface area contributed by atoms with Gasteiger partial charge in [-0.25, -0.2) is 0 Å². The summed E-state index contributed by atoms with van der Waals surface area (Å²) in [7, 11) is 0. The molecule has 0 aliphatic carbocycles. The second kappa shape index (κ2) is 8.42. The van der Waals surface area contributed by atoms with Crippen LogP contribution in [0.4, 0.5) is 0 Å². The van der Waals surface area contributed by atoms with Crippen LogP contribution in [-0.2, 0) is 9.53 Å². The maximum absolute atomic E-state index is 10.5. The van der Waals surface area contributed by atoms with E-state index in [1.807, 2.05) is 0 Å². The molecule has 78 valence electrons. The number of esters is 1. The molecule has 0 amide bonds. The Bertz CT molecular complexity index is 137. The minimum Gasteiger partial charge on any atom is -0.465 e. The Balaban J connectivity index is 3.19. The predicted molar refractivity (Wildman–Crippen MR) is 58.2 cm³/mol. The first-order valence-corrected chi connectivity index (χ1v) is 5.50. The fraction of sp³-hybridized carbons (Fsp3) is 0.900. The molecule has 0 rings (SSSR count). The molecule has 0 saturated heterocycles. The lowest BCUT2D eigenvalue weighted by molar-refractivity contribution is -0.140. The zero-order valence-electron chi connectivity index (χ0n) is 8.58. The molecule has 0 bridgehead atoms. The molecule has 0 aliphatic heterocycles. The van der Waals surface area contributed by atoms with E-state index in [1.54, 1.807) is 0 Å². The third kappa shape index (κ3) is 9.74. The van der Waals surface area contributed by atoms with Crippen LogP contribution >= 0.6 is 12.6 Å². The van der Waals surface area contributed by atoms with E-state index in [1.165, 1.54) is 32.6 Å². The fourth-order valence-corrected chi connectivity index (χ4v) is 1.36. The molecule has 0 aromatic heterocycles. The SMILES string of the molecule is CCCCCC[C@@H](S)COC(C)=O. The number of carbonyl (C=O) groups is 1. The molecule has 0 aromatic rings. The van der Waals surface area contributed by atoms with Gasteiger partial charge in [-0.2, -0.15) is 12.6 Å². The molecule has 1 atom stereocenters. The van der Waals surface area contributed by atoms with Gasteiger partial charge in [0.05, 0.1) is 0 Å². The minimum absolute atomic E-state index is 0.209. The summed E-state index contributed by atoms with van der Waals surface area (Å²) in [5.41, 5.74) is 0. The van der Waals surface area contributed by atoms with Gasteiger partial charge in [-0.05, 0) is 6.42 Å². The Labute approximate surface area is 86.5 Å².